The molecule has 1 aliphatic carbocycles. The summed E-state index contributed by atoms with van der Waals surface area (Å²) in [5, 5.41) is 9.56. The summed E-state index contributed by atoms with van der Waals surface area (Å²) < 4.78 is 3.44. The Morgan fingerprint density at radius 1 is 1.55 bits per heavy atom. The number of aromatic nitrogens is 4. The molecule has 2 aromatic rings. The lowest BCUT2D eigenvalue weighted by atomic mass is 9.81. The van der Waals surface area contributed by atoms with Gasteiger partial charge in [0.05, 0.1) is 18.2 Å². The molecule has 1 fully saturated rings. The molecular formula is C13H15N5OS. The standard InChI is InChI=1S/C13H15N5OS/c1-3-17-10-7-15-12(20-2)16-11(10)18(13(17)19)9-4-8(5-9)6-14/h7-9H,3-5H2,1-2H3/t8-,9+. The Bertz CT molecular complexity index is 750. The van der Waals surface area contributed by atoms with E-state index in [-0.39, 0.29) is 17.6 Å². The molecule has 1 saturated carbocycles. The minimum atomic E-state index is -0.0450. The lowest BCUT2D eigenvalue weighted by molar-refractivity contribution is 0.246. The summed E-state index contributed by atoms with van der Waals surface area (Å²) in [7, 11) is 0. The second kappa shape index (κ2) is 4.94. The van der Waals surface area contributed by atoms with Gasteiger partial charge in [-0.25, -0.2) is 14.8 Å². The Kier molecular flexibility index (Phi) is 3.26. The largest absolute Gasteiger partial charge is 0.330 e. The van der Waals surface area contributed by atoms with E-state index in [1.54, 1.807) is 15.3 Å². The lowest BCUT2D eigenvalue weighted by Crippen LogP contribution is -2.34. The first-order valence-corrected chi connectivity index (χ1v) is 7.83. The molecule has 0 aromatic carbocycles. The summed E-state index contributed by atoms with van der Waals surface area (Å²) in [5.41, 5.74) is 1.42. The third kappa shape index (κ3) is 1.83. The summed E-state index contributed by atoms with van der Waals surface area (Å²) in [5.74, 6) is 0.0637. The van der Waals surface area contributed by atoms with Crippen LogP contribution in [0.3, 0.4) is 0 Å². The van der Waals surface area contributed by atoms with E-state index in [4.69, 9.17) is 5.26 Å². The fourth-order valence-corrected chi connectivity index (χ4v) is 3.02. The number of thioether (sulfide) groups is 1. The highest BCUT2D eigenvalue weighted by atomic mass is 32.2. The van der Waals surface area contributed by atoms with Gasteiger partial charge >= 0.3 is 5.69 Å². The van der Waals surface area contributed by atoms with E-state index < -0.39 is 0 Å². The molecule has 1 aliphatic rings. The van der Waals surface area contributed by atoms with Crippen molar-refractivity contribution in [2.75, 3.05) is 6.26 Å². The zero-order chi connectivity index (χ0) is 14.3. The SMILES string of the molecule is CCn1c(=O)n([C@H]2C[C@@H](C#N)C2)c2nc(SC)ncc21. The Morgan fingerprint density at radius 2 is 2.30 bits per heavy atom. The summed E-state index contributed by atoms with van der Waals surface area (Å²) in [6.45, 7) is 2.53. The van der Waals surface area contributed by atoms with Gasteiger partial charge in [0.2, 0.25) is 0 Å². The number of hydrogen-bond acceptors (Lipinski definition) is 5. The molecule has 104 valence electrons. The maximum Gasteiger partial charge on any atom is 0.330 e. The zero-order valence-electron chi connectivity index (χ0n) is 11.4. The quantitative estimate of drug-likeness (QED) is 0.636. The smallest absolute Gasteiger partial charge is 0.289 e. The summed E-state index contributed by atoms with van der Waals surface area (Å²) in [6.07, 6.45) is 5.10. The van der Waals surface area contributed by atoms with Crippen molar-refractivity contribution in [2.45, 2.75) is 37.5 Å². The molecule has 6 nitrogen and oxygen atoms in total. The van der Waals surface area contributed by atoms with Crippen LogP contribution in [0.15, 0.2) is 16.1 Å². The molecule has 2 aromatic heterocycles. The third-order valence-electron chi connectivity index (χ3n) is 3.84. The van der Waals surface area contributed by atoms with Gasteiger partial charge in [-0.15, -0.1) is 0 Å². The van der Waals surface area contributed by atoms with Gasteiger partial charge in [0.25, 0.3) is 0 Å². The van der Waals surface area contributed by atoms with Gasteiger partial charge in [-0.2, -0.15) is 5.26 Å². The van der Waals surface area contributed by atoms with Crippen LogP contribution in [0, 0.1) is 17.2 Å². The van der Waals surface area contributed by atoms with Gasteiger partial charge in [0, 0.05) is 12.6 Å². The highest BCUT2D eigenvalue weighted by Gasteiger charge is 2.33. The van der Waals surface area contributed by atoms with Gasteiger partial charge in [-0.1, -0.05) is 11.8 Å². The van der Waals surface area contributed by atoms with Crippen LogP contribution in [-0.2, 0) is 6.54 Å². The zero-order valence-corrected chi connectivity index (χ0v) is 12.2. The average Bonchev–Trinajstić information content (AvgIpc) is 2.69. The molecule has 0 saturated heterocycles. The van der Waals surface area contributed by atoms with E-state index in [0.717, 1.165) is 18.4 Å². The Labute approximate surface area is 120 Å². The van der Waals surface area contributed by atoms with Gasteiger partial charge in [-0.05, 0) is 26.0 Å². The van der Waals surface area contributed by atoms with Crippen LogP contribution >= 0.6 is 11.8 Å². The van der Waals surface area contributed by atoms with Crippen molar-refractivity contribution in [3.63, 3.8) is 0 Å². The van der Waals surface area contributed by atoms with Crippen LogP contribution in [0.1, 0.15) is 25.8 Å². The number of aryl methyl sites for hydroxylation is 1. The predicted octanol–water partition coefficient (Wildman–Crippen LogP) is 1.81. The predicted molar refractivity (Wildman–Crippen MR) is 76.6 cm³/mol. The molecule has 0 amide bonds. The van der Waals surface area contributed by atoms with Crippen molar-refractivity contribution in [1.82, 2.24) is 19.1 Å². The molecule has 0 radical (unpaired) electrons. The van der Waals surface area contributed by atoms with E-state index in [9.17, 15) is 4.79 Å². The van der Waals surface area contributed by atoms with E-state index in [1.165, 1.54) is 11.8 Å². The summed E-state index contributed by atoms with van der Waals surface area (Å²) in [4.78, 5) is 21.3. The van der Waals surface area contributed by atoms with Gasteiger partial charge in [0.15, 0.2) is 10.8 Å². The molecule has 2 heterocycles. The number of nitrogens with zero attached hydrogens (tertiary/aromatic N) is 5. The molecule has 0 N–H and O–H groups in total. The fourth-order valence-electron chi connectivity index (χ4n) is 2.68. The van der Waals surface area contributed by atoms with Crippen molar-refractivity contribution < 1.29 is 0 Å². The Morgan fingerprint density at radius 3 is 2.90 bits per heavy atom. The molecule has 0 unspecified atom stereocenters. The van der Waals surface area contributed by atoms with Gasteiger partial charge < -0.3 is 0 Å². The first-order chi connectivity index (χ1) is 9.69. The van der Waals surface area contributed by atoms with Crippen LogP contribution in [0.2, 0.25) is 0 Å². The fraction of sp³-hybridized carbons (Fsp3) is 0.538. The van der Waals surface area contributed by atoms with E-state index >= 15 is 0 Å². The van der Waals surface area contributed by atoms with Crippen molar-refractivity contribution >= 4 is 22.9 Å². The lowest BCUT2D eigenvalue weighted by Gasteiger charge is -2.31. The van der Waals surface area contributed by atoms with Crippen LogP contribution in [-0.4, -0.2) is 25.4 Å². The first-order valence-electron chi connectivity index (χ1n) is 6.61. The maximum atomic E-state index is 12.5. The van der Waals surface area contributed by atoms with Gasteiger partial charge in [0.1, 0.15) is 5.52 Å². The van der Waals surface area contributed by atoms with Crippen LogP contribution in [0.25, 0.3) is 11.2 Å². The number of fused-ring (bicyclic) bond motifs is 1. The molecule has 0 aliphatic heterocycles. The van der Waals surface area contributed by atoms with E-state index in [0.29, 0.717) is 17.3 Å². The molecular weight excluding hydrogens is 274 g/mol. The van der Waals surface area contributed by atoms with Crippen LogP contribution in [0.4, 0.5) is 0 Å². The minimum absolute atomic E-state index is 0.0450. The molecule has 3 rings (SSSR count). The molecule has 0 atom stereocenters. The molecule has 0 bridgehead atoms. The molecule has 7 heteroatoms. The highest BCUT2D eigenvalue weighted by Crippen LogP contribution is 2.37. The van der Waals surface area contributed by atoms with Gasteiger partial charge in [-0.3, -0.25) is 9.13 Å². The van der Waals surface area contributed by atoms with Crippen LogP contribution in [0.5, 0.6) is 0 Å². The molecule has 20 heavy (non-hydrogen) atoms. The van der Waals surface area contributed by atoms with Crippen molar-refractivity contribution in [1.29, 1.82) is 5.26 Å². The van der Waals surface area contributed by atoms with Crippen LogP contribution < -0.4 is 5.69 Å². The number of rotatable bonds is 3. The number of hydrogen-bond donors (Lipinski definition) is 0. The number of nitriles is 1. The second-order valence-electron chi connectivity index (χ2n) is 4.91. The van der Waals surface area contributed by atoms with Crippen molar-refractivity contribution in [3.8, 4) is 6.07 Å². The van der Waals surface area contributed by atoms with E-state index in [1.807, 2.05) is 13.2 Å². The normalized spacial score (nSPS) is 21.6. The third-order valence-corrected chi connectivity index (χ3v) is 4.41. The Hall–Kier alpha value is -1.81. The topological polar surface area (TPSA) is 76.5 Å². The second-order valence-corrected chi connectivity index (χ2v) is 5.69. The monoisotopic (exact) mass is 289 g/mol. The average molecular weight is 289 g/mol. The maximum absolute atomic E-state index is 12.5. The highest BCUT2D eigenvalue weighted by molar-refractivity contribution is 7.98. The summed E-state index contributed by atoms with van der Waals surface area (Å²) in [6, 6.07) is 2.34. The minimum Gasteiger partial charge on any atom is -0.289 e. The molecule has 0 spiro atoms. The number of imidazole rings is 1. The summed E-state index contributed by atoms with van der Waals surface area (Å²) >= 11 is 1.46. The first kappa shape index (κ1) is 13.2. The van der Waals surface area contributed by atoms with Crippen molar-refractivity contribution in [2.24, 2.45) is 5.92 Å². The van der Waals surface area contributed by atoms with E-state index in [2.05, 4.69) is 16.0 Å². The Balaban J connectivity index is 2.17. The van der Waals surface area contributed by atoms with Crippen molar-refractivity contribution in [3.05, 3.63) is 16.7 Å².